The molecule has 0 aliphatic carbocycles. The first-order valence-electron chi connectivity index (χ1n) is 5.80. The Morgan fingerprint density at radius 3 is 2.53 bits per heavy atom. The molecule has 0 aromatic heterocycles. The maximum absolute atomic E-state index is 11.6. The molecular formula is C14H17NO4. The van der Waals surface area contributed by atoms with Gasteiger partial charge in [0.2, 0.25) is 0 Å². The highest BCUT2D eigenvalue weighted by Gasteiger charge is 2.18. The van der Waals surface area contributed by atoms with Gasteiger partial charge in [0, 0.05) is 6.08 Å². The Morgan fingerprint density at radius 1 is 1.32 bits per heavy atom. The van der Waals surface area contributed by atoms with E-state index >= 15 is 0 Å². The van der Waals surface area contributed by atoms with E-state index < -0.39 is 17.6 Å². The van der Waals surface area contributed by atoms with Gasteiger partial charge in [0.1, 0.15) is 6.61 Å². The molecule has 0 aliphatic heterocycles. The molecule has 1 aromatic rings. The van der Waals surface area contributed by atoms with Crippen LogP contribution in [0.15, 0.2) is 42.5 Å². The summed E-state index contributed by atoms with van der Waals surface area (Å²) in [6.45, 7) is 3.53. The van der Waals surface area contributed by atoms with Crippen molar-refractivity contribution in [1.29, 1.82) is 0 Å². The summed E-state index contributed by atoms with van der Waals surface area (Å²) < 4.78 is 5.04. The largest absolute Gasteiger partial charge is 0.478 e. The van der Waals surface area contributed by atoms with Crippen LogP contribution in [0.1, 0.15) is 19.4 Å². The van der Waals surface area contributed by atoms with Gasteiger partial charge >= 0.3 is 12.1 Å². The first-order chi connectivity index (χ1) is 8.89. The van der Waals surface area contributed by atoms with Crippen LogP contribution in [0, 0.1) is 0 Å². The number of hydrogen-bond acceptors (Lipinski definition) is 3. The number of carbonyl (C=O) groups excluding carboxylic acids is 1. The molecule has 0 spiro atoms. The molecule has 1 amide bonds. The van der Waals surface area contributed by atoms with Crippen molar-refractivity contribution in [3.05, 3.63) is 48.0 Å². The van der Waals surface area contributed by atoms with Gasteiger partial charge in [-0.3, -0.25) is 0 Å². The van der Waals surface area contributed by atoms with E-state index in [1.54, 1.807) is 13.8 Å². The standard InChI is InChI=1S/C14H17NO4/c1-14(2,9-8-12(16)17)15-13(18)19-10-11-6-4-3-5-7-11/h3-9H,10H2,1-2H3,(H,15,18)(H,16,17)/b9-8+. The molecule has 0 saturated carbocycles. The van der Waals surface area contributed by atoms with Crippen LogP contribution in [-0.4, -0.2) is 22.7 Å². The molecule has 1 rings (SSSR count). The predicted molar refractivity (Wildman–Crippen MR) is 70.6 cm³/mol. The molecule has 102 valence electrons. The molecule has 5 heteroatoms. The minimum absolute atomic E-state index is 0.172. The molecule has 0 aliphatic rings. The fourth-order valence-corrected chi connectivity index (χ4v) is 1.34. The fraction of sp³-hybridized carbons (Fsp3) is 0.286. The summed E-state index contributed by atoms with van der Waals surface area (Å²) in [6.07, 6.45) is 1.78. The predicted octanol–water partition coefficient (Wildman–Crippen LogP) is 2.33. The van der Waals surface area contributed by atoms with E-state index in [0.717, 1.165) is 11.6 Å². The van der Waals surface area contributed by atoms with Crippen molar-refractivity contribution >= 4 is 12.1 Å². The highest BCUT2D eigenvalue weighted by Crippen LogP contribution is 2.06. The smallest absolute Gasteiger partial charge is 0.408 e. The number of carbonyl (C=O) groups is 2. The second-order valence-electron chi connectivity index (χ2n) is 4.58. The maximum atomic E-state index is 11.6. The van der Waals surface area contributed by atoms with E-state index in [9.17, 15) is 9.59 Å². The van der Waals surface area contributed by atoms with Crippen molar-refractivity contribution in [1.82, 2.24) is 5.32 Å². The van der Waals surface area contributed by atoms with E-state index in [2.05, 4.69) is 5.32 Å². The summed E-state index contributed by atoms with van der Waals surface area (Å²) >= 11 is 0. The molecular weight excluding hydrogens is 246 g/mol. The van der Waals surface area contributed by atoms with Gasteiger partial charge in [-0.05, 0) is 19.4 Å². The molecule has 5 nitrogen and oxygen atoms in total. The lowest BCUT2D eigenvalue weighted by Crippen LogP contribution is -2.42. The Morgan fingerprint density at radius 2 is 1.95 bits per heavy atom. The van der Waals surface area contributed by atoms with Crippen LogP contribution >= 0.6 is 0 Å². The van der Waals surface area contributed by atoms with Gasteiger partial charge in [0.05, 0.1) is 5.54 Å². The maximum Gasteiger partial charge on any atom is 0.408 e. The van der Waals surface area contributed by atoms with Gasteiger partial charge < -0.3 is 15.2 Å². The number of ether oxygens (including phenoxy) is 1. The van der Waals surface area contributed by atoms with Crippen LogP contribution in [-0.2, 0) is 16.1 Å². The molecule has 0 bridgehead atoms. The molecule has 19 heavy (non-hydrogen) atoms. The summed E-state index contributed by atoms with van der Waals surface area (Å²) in [5.41, 5.74) is 0.100. The first-order valence-corrected chi connectivity index (χ1v) is 5.80. The molecule has 0 unspecified atom stereocenters. The third kappa shape index (κ3) is 6.26. The number of rotatable bonds is 5. The molecule has 1 aromatic carbocycles. The SMILES string of the molecule is CC(C)(/C=C/C(=O)O)NC(=O)OCc1ccccc1. The number of alkyl carbamates (subject to hydrolysis) is 1. The minimum Gasteiger partial charge on any atom is -0.478 e. The fourth-order valence-electron chi connectivity index (χ4n) is 1.34. The van der Waals surface area contributed by atoms with Gasteiger partial charge in [-0.25, -0.2) is 9.59 Å². The normalized spacial score (nSPS) is 11.3. The lowest BCUT2D eigenvalue weighted by molar-refractivity contribution is -0.131. The lowest BCUT2D eigenvalue weighted by Gasteiger charge is -2.21. The Bertz CT molecular complexity index is 466. The van der Waals surface area contributed by atoms with Crippen molar-refractivity contribution in [2.24, 2.45) is 0 Å². The Kier molecular flexibility index (Phi) is 5.11. The first kappa shape index (κ1) is 14.8. The Balaban J connectivity index is 2.44. The second kappa shape index (κ2) is 6.58. The van der Waals surface area contributed by atoms with E-state index in [-0.39, 0.29) is 6.61 Å². The number of benzene rings is 1. The summed E-state index contributed by atoms with van der Waals surface area (Å²) in [6, 6.07) is 9.29. The summed E-state index contributed by atoms with van der Waals surface area (Å²) in [5, 5.41) is 11.1. The summed E-state index contributed by atoms with van der Waals surface area (Å²) in [7, 11) is 0. The van der Waals surface area contributed by atoms with Crippen molar-refractivity contribution in [2.75, 3.05) is 0 Å². The number of amides is 1. The Hall–Kier alpha value is -2.30. The van der Waals surface area contributed by atoms with Gasteiger partial charge in [-0.1, -0.05) is 36.4 Å². The van der Waals surface area contributed by atoms with Gasteiger partial charge in [0.15, 0.2) is 0 Å². The van der Waals surface area contributed by atoms with Crippen LogP contribution in [0.3, 0.4) is 0 Å². The number of aliphatic carboxylic acids is 1. The van der Waals surface area contributed by atoms with Gasteiger partial charge in [0.25, 0.3) is 0 Å². The van der Waals surface area contributed by atoms with E-state index in [1.165, 1.54) is 6.08 Å². The molecule has 0 saturated heterocycles. The number of hydrogen-bond donors (Lipinski definition) is 2. The quantitative estimate of drug-likeness (QED) is 0.799. The summed E-state index contributed by atoms with van der Waals surface area (Å²) in [5.74, 6) is -1.06. The van der Waals surface area contributed by atoms with Gasteiger partial charge in [-0.15, -0.1) is 0 Å². The number of carboxylic acids is 1. The van der Waals surface area contributed by atoms with Crippen LogP contribution in [0.2, 0.25) is 0 Å². The summed E-state index contributed by atoms with van der Waals surface area (Å²) in [4.78, 5) is 22.0. The molecule has 0 fully saturated rings. The molecule has 0 atom stereocenters. The lowest BCUT2D eigenvalue weighted by atomic mass is 10.1. The number of carboxylic acid groups (broad SMARTS) is 1. The highest BCUT2D eigenvalue weighted by molar-refractivity contribution is 5.80. The molecule has 0 heterocycles. The van der Waals surface area contributed by atoms with Crippen molar-refractivity contribution in [3.8, 4) is 0 Å². The molecule has 2 N–H and O–H groups in total. The minimum atomic E-state index is -1.06. The van der Waals surface area contributed by atoms with E-state index in [4.69, 9.17) is 9.84 Å². The average molecular weight is 263 g/mol. The van der Waals surface area contributed by atoms with E-state index in [0.29, 0.717) is 0 Å². The van der Waals surface area contributed by atoms with Crippen molar-refractivity contribution < 1.29 is 19.4 Å². The zero-order chi connectivity index (χ0) is 14.3. The Labute approximate surface area is 111 Å². The van der Waals surface area contributed by atoms with Crippen LogP contribution < -0.4 is 5.32 Å². The van der Waals surface area contributed by atoms with E-state index in [1.807, 2.05) is 30.3 Å². The second-order valence-corrected chi connectivity index (χ2v) is 4.58. The zero-order valence-electron chi connectivity index (χ0n) is 10.9. The van der Waals surface area contributed by atoms with Crippen LogP contribution in [0.25, 0.3) is 0 Å². The third-order valence-corrected chi connectivity index (χ3v) is 2.28. The number of nitrogens with one attached hydrogen (secondary N) is 1. The zero-order valence-corrected chi connectivity index (χ0v) is 10.9. The van der Waals surface area contributed by atoms with Crippen LogP contribution in [0.5, 0.6) is 0 Å². The van der Waals surface area contributed by atoms with Crippen molar-refractivity contribution in [3.63, 3.8) is 0 Å². The highest BCUT2D eigenvalue weighted by atomic mass is 16.5. The average Bonchev–Trinajstić information content (AvgIpc) is 2.35. The van der Waals surface area contributed by atoms with Crippen molar-refractivity contribution in [2.45, 2.75) is 26.0 Å². The molecule has 0 radical (unpaired) electrons. The topological polar surface area (TPSA) is 75.6 Å². The van der Waals surface area contributed by atoms with Crippen LogP contribution in [0.4, 0.5) is 4.79 Å². The monoisotopic (exact) mass is 263 g/mol. The van der Waals surface area contributed by atoms with Gasteiger partial charge in [-0.2, -0.15) is 0 Å². The third-order valence-electron chi connectivity index (χ3n) is 2.28.